The number of nitrogens with two attached hydrogens (primary N) is 1. The summed E-state index contributed by atoms with van der Waals surface area (Å²) in [6, 6.07) is -0.726. The van der Waals surface area contributed by atoms with Crippen LogP contribution < -0.4 is 5.73 Å². The zero-order valence-electron chi connectivity index (χ0n) is 13.8. The van der Waals surface area contributed by atoms with Crippen LogP contribution in [0.4, 0.5) is 0 Å². The van der Waals surface area contributed by atoms with Crippen molar-refractivity contribution < 1.29 is 14.7 Å². The summed E-state index contributed by atoms with van der Waals surface area (Å²) in [6.07, 6.45) is 2.95. The van der Waals surface area contributed by atoms with Crippen LogP contribution in [0.15, 0.2) is 0 Å². The highest BCUT2D eigenvalue weighted by Crippen LogP contribution is 2.36. The first-order valence-corrected chi connectivity index (χ1v) is 7.91. The Kier molecular flexibility index (Phi) is 6.20. The van der Waals surface area contributed by atoms with E-state index in [1.54, 1.807) is 4.90 Å². The Bertz CT molecular complexity index is 380. The maximum absolute atomic E-state index is 12.6. The normalized spacial score (nSPS) is 23.1. The number of rotatable bonds is 6. The van der Waals surface area contributed by atoms with Gasteiger partial charge >= 0.3 is 5.97 Å². The molecule has 2 atom stereocenters. The average Bonchev–Trinajstić information content (AvgIpc) is 2.35. The molecule has 5 heteroatoms. The molecule has 0 aromatic heterocycles. The monoisotopic (exact) mass is 298 g/mol. The predicted octanol–water partition coefficient (Wildman–Crippen LogP) is 2.10. The number of carbonyl (C=O) groups excluding carboxylic acids is 1. The highest BCUT2D eigenvalue weighted by molar-refractivity contribution is 5.84. The van der Waals surface area contributed by atoms with E-state index >= 15 is 0 Å². The number of aliphatic carboxylic acids is 1. The molecule has 0 aromatic rings. The van der Waals surface area contributed by atoms with E-state index < -0.39 is 12.0 Å². The molecule has 0 saturated carbocycles. The molecule has 1 amide bonds. The van der Waals surface area contributed by atoms with Gasteiger partial charge in [0.15, 0.2) is 0 Å². The maximum atomic E-state index is 12.6. The number of nitrogens with zero attached hydrogens (tertiary/aromatic N) is 1. The van der Waals surface area contributed by atoms with Crippen LogP contribution in [0.3, 0.4) is 0 Å². The van der Waals surface area contributed by atoms with Crippen LogP contribution in [0.2, 0.25) is 0 Å². The van der Waals surface area contributed by atoms with Gasteiger partial charge in [0.1, 0.15) is 6.04 Å². The topological polar surface area (TPSA) is 83.6 Å². The summed E-state index contributed by atoms with van der Waals surface area (Å²) in [6.45, 7) is 9.09. The minimum absolute atomic E-state index is 0.0636. The summed E-state index contributed by atoms with van der Waals surface area (Å²) in [7, 11) is 0. The quantitative estimate of drug-likeness (QED) is 0.786. The first kappa shape index (κ1) is 18.0. The summed E-state index contributed by atoms with van der Waals surface area (Å²) in [5.74, 6) is -0.344. The van der Waals surface area contributed by atoms with Gasteiger partial charge in [0.2, 0.25) is 5.91 Å². The number of hydrogen-bond acceptors (Lipinski definition) is 3. The van der Waals surface area contributed by atoms with Gasteiger partial charge in [-0.05, 0) is 43.1 Å². The van der Waals surface area contributed by atoms with Crippen molar-refractivity contribution in [2.75, 3.05) is 13.1 Å². The van der Waals surface area contributed by atoms with Crippen LogP contribution in [-0.4, -0.2) is 41.0 Å². The van der Waals surface area contributed by atoms with E-state index in [4.69, 9.17) is 5.73 Å². The number of amides is 1. The SMILES string of the molecule is CC(C)CC(CN)CC(=O)N1CCCC(C)(C)C1C(=O)O. The third-order valence-electron chi connectivity index (χ3n) is 4.43. The Labute approximate surface area is 127 Å². The van der Waals surface area contributed by atoms with Crippen LogP contribution >= 0.6 is 0 Å². The van der Waals surface area contributed by atoms with Crippen molar-refractivity contribution in [2.24, 2.45) is 23.0 Å². The molecule has 0 aliphatic carbocycles. The molecule has 2 unspecified atom stereocenters. The van der Waals surface area contributed by atoms with Gasteiger partial charge in [0, 0.05) is 13.0 Å². The fourth-order valence-electron chi connectivity index (χ4n) is 3.42. The van der Waals surface area contributed by atoms with Gasteiger partial charge in [0.05, 0.1) is 0 Å². The molecule has 0 radical (unpaired) electrons. The summed E-state index contributed by atoms with van der Waals surface area (Å²) in [5, 5.41) is 9.51. The van der Waals surface area contributed by atoms with E-state index in [-0.39, 0.29) is 17.2 Å². The van der Waals surface area contributed by atoms with Crippen LogP contribution in [0.5, 0.6) is 0 Å². The van der Waals surface area contributed by atoms with E-state index in [9.17, 15) is 14.7 Å². The molecule has 1 aliphatic heterocycles. The van der Waals surface area contributed by atoms with Gasteiger partial charge < -0.3 is 15.7 Å². The maximum Gasteiger partial charge on any atom is 0.326 e. The van der Waals surface area contributed by atoms with Gasteiger partial charge in [-0.3, -0.25) is 4.79 Å². The molecule has 0 bridgehead atoms. The van der Waals surface area contributed by atoms with Crippen molar-refractivity contribution in [3.8, 4) is 0 Å². The fourth-order valence-corrected chi connectivity index (χ4v) is 3.42. The van der Waals surface area contributed by atoms with E-state index in [1.807, 2.05) is 13.8 Å². The second kappa shape index (κ2) is 7.25. The minimum Gasteiger partial charge on any atom is -0.480 e. The van der Waals surface area contributed by atoms with Gasteiger partial charge in [0.25, 0.3) is 0 Å². The molecule has 0 spiro atoms. The highest BCUT2D eigenvalue weighted by atomic mass is 16.4. The van der Waals surface area contributed by atoms with Gasteiger partial charge in [-0.2, -0.15) is 0 Å². The Morgan fingerprint density at radius 3 is 2.48 bits per heavy atom. The van der Waals surface area contributed by atoms with Gasteiger partial charge in [-0.1, -0.05) is 27.7 Å². The fraction of sp³-hybridized carbons (Fsp3) is 0.875. The standard InChI is InChI=1S/C16H30N2O3/c1-11(2)8-12(10-17)9-13(19)18-7-5-6-16(3,4)14(18)15(20)21/h11-12,14H,5-10,17H2,1-4H3,(H,20,21). The third kappa shape index (κ3) is 4.70. The molecule has 122 valence electrons. The third-order valence-corrected chi connectivity index (χ3v) is 4.43. The van der Waals surface area contributed by atoms with Crippen LogP contribution in [-0.2, 0) is 9.59 Å². The molecular weight excluding hydrogens is 268 g/mol. The molecule has 5 nitrogen and oxygen atoms in total. The second-order valence-corrected chi connectivity index (χ2v) is 7.36. The Hall–Kier alpha value is -1.10. The molecular formula is C16H30N2O3. The van der Waals surface area contributed by atoms with Crippen molar-refractivity contribution in [3.05, 3.63) is 0 Å². The van der Waals surface area contributed by atoms with Crippen LogP contribution in [0, 0.1) is 17.3 Å². The van der Waals surface area contributed by atoms with Crippen molar-refractivity contribution in [1.82, 2.24) is 4.90 Å². The molecule has 0 aromatic carbocycles. The summed E-state index contributed by atoms with van der Waals surface area (Å²) >= 11 is 0. The lowest BCUT2D eigenvalue weighted by molar-refractivity contribution is -0.159. The molecule has 21 heavy (non-hydrogen) atoms. The second-order valence-electron chi connectivity index (χ2n) is 7.36. The highest BCUT2D eigenvalue weighted by Gasteiger charge is 2.44. The lowest BCUT2D eigenvalue weighted by atomic mass is 9.76. The minimum atomic E-state index is -0.902. The Morgan fingerprint density at radius 1 is 1.38 bits per heavy atom. The molecule has 1 fully saturated rings. The van der Waals surface area contributed by atoms with Crippen molar-refractivity contribution in [3.63, 3.8) is 0 Å². The molecule has 3 N–H and O–H groups in total. The van der Waals surface area contributed by atoms with Crippen molar-refractivity contribution >= 4 is 11.9 Å². The lowest BCUT2D eigenvalue weighted by Gasteiger charge is -2.44. The summed E-state index contributed by atoms with van der Waals surface area (Å²) in [4.78, 5) is 25.7. The Morgan fingerprint density at radius 2 is 2.00 bits per heavy atom. The number of likely N-dealkylation sites (tertiary alicyclic amines) is 1. The zero-order chi connectivity index (χ0) is 16.2. The van der Waals surface area contributed by atoms with E-state index in [0.29, 0.717) is 25.4 Å². The smallest absolute Gasteiger partial charge is 0.326 e. The van der Waals surface area contributed by atoms with E-state index in [2.05, 4.69) is 13.8 Å². The van der Waals surface area contributed by atoms with Crippen LogP contribution in [0.1, 0.15) is 53.4 Å². The lowest BCUT2D eigenvalue weighted by Crippen LogP contribution is -2.56. The number of carbonyl (C=O) groups is 2. The van der Waals surface area contributed by atoms with E-state index in [0.717, 1.165) is 19.3 Å². The largest absolute Gasteiger partial charge is 0.480 e. The Balaban J connectivity index is 2.81. The first-order chi connectivity index (χ1) is 9.69. The summed E-state index contributed by atoms with van der Waals surface area (Å²) < 4.78 is 0. The van der Waals surface area contributed by atoms with Crippen LogP contribution in [0.25, 0.3) is 0 Å². The molecule has 1 heterocycles. The van der Waals surface area contributed by atoms with Crippen molar-refractivity contribution in [1.29, 1.82) is 0 Å². The van der Waals surface area contributed by atoms with Gasteiger partial charge in [-0.15, -0.1) is 0 Å². The average molecular weight is 298 g/mol. The molecule has 1 rings (SSSR count). The number of carboxylic acid groups (broad SMARTS) is 1. The summed E-state index contributed by atoms with van der Waals surface area (Å²) in [5.41, 5.74) is 5.38. The molecule has 1 aliphatic rings. The van der Waals surface area contributed by atoms with Gasteiger partial charge in [-0.25, -0.2) is 4.79 Å². The predicted molar refractivity (Wildman–Crippen MR) is 82.8 cm³/mol. The number of piperidine rings is 1. The number of hydrogen-bond donors (Lipinski definition) is 2. The number of carboxylic acids is 1. The van der Waals surface area contributed by atoms with E-state index in [1.165, 1.54) is 0 Å². The zero-order valence-corrected chi connectivity index (χ0v) is 13.8. The van der Waals surface area contributed by atoms with Crippen molar-refractivity contribution in [2.45, 2.75) is 59.4 Å². The first-order valence-electron chi connectivity index (χ1n) is 7.91. The molecule has 1 saturated heterocycles.